The minimum atomic E-state index is -3.70. The average Bonchev–Trinajstić information content (AvgIpc) is 2.58. The summed E-state index contributed by atoms with van der Waals surface area (Å²) < 4.78 is 32.4. The van der Waals surface area contributed by atoms with Crippen LogP contribution in [0, 0.1) is 5.41 Å². The van der Waals surface area contributed by atoms with Crippen molar-refractivity contribution in [3.63, 3.8) is 0 Å². The number of hydrogen-bond acceptors (Lipinski definition) is 4. The highest BCUT2D eigenvalue weighted by atomic mass is 32.2. The van der Waals surface area contributed by atoms with Gasteiger partial charge in [0.2, 0.25) is 0 Å². The van der Waals surface area contributed by atoms with E-state index in [1.54, 1.807) is 42.5 Å². The Morgan fingerprint density at radius 1 is 0.962 bits per heavy atom. The summed E-state index contributed by atoms with van der Waals surface area (Å²) in [4.78, 5) is 12.0. The highest BCUT2D eigenvalue weighted by molar-refractivity contribution is 7.92. The van der Waals surface area contributed by atoms with Crippen molar-refractivity contribution in [2.24, 2.45) is 5.41 Å². The van der Waals surface area contributed by atoms with Crippen LogP contribution < -0.4 is 0 Å². The van der Waals surface area contributed by atoms with Gasteiger partial charge in [0.15, 0.2) is 9.84 Å². The Bertz CT molecular complexity index is 821. The minimum Gasteiger partial charge on any atom is -0.456 e. The molecule has 0 aromatic heterocycles. The lowest BCUT2D eigenvalue weighted by molar-refractivity contribution is -0.147. The molecular formula is C21H26O4S. The Labute approximate surface area is 156 Å². The average molecular weight is 375 g/mol. The SMILES string of the molecule is CC(=O)O[C@H](c1ccccc1)C(CC(C)(C)C)S(=O)(=O)c1ccccc1. The Balaban J connectivity index is 2.59. The molecule has 26 heavy (non-hydrogen) atoms. The van der Waals surface area contributed by atoms with Crippen molar-refractivity contribution >= 4 is 15.8 Å². The number of hydrogen-bond donors (Lipinski definition) is 0. The van der Waals surface area contributed by atoms with Crippen LogP contribution in [-0.4, -0.2) is 19.6 Å². The van der Waals surface area contributed by atoms with Gasteiger partial charge in [-0.05, 0) is 29.5 Å². The summed E-state index contributed by atoms with van der Waals surface area (Å²) in [5.41, 5.74) is 0.413. The highest BCUT2D eigenvalue weighted by Crippen LogP contribution is 2.37. The van der Waals surface area contributed by atoms with Crippen molar-refractivity contribution in [1.82, 2.24) is 0 Å². The van der Waals surface area contributed by atoms with Crippen LogP contribution in [0.15, 0.2) is 65.6 Å². The molecule has 0 saturated carbocycles. The fraction of sp³-hybridized carbons (Fsp3) is 0.381. The van der Waals surface area contributed by atoms with E-state index in [1.807, 2.05) is 39.0 Å². The van der Waals surface area contributed by atoms with Gasteiger partial charge in [-0.25, -0.2) is 8.42 Å². The molecule has 2 aromatic carbocycles. The van der Waals surface area contributed by atoms with Gasteiger partial charge in [0, 0.05) is 6.92 Å². The summed E-state index contributed by atoms with van der Waals surface area (Å²) in [6, 6.07) is 17.4. The zero-order valence-corrected chi connectivity index (χ0v) is 16.5. The third-order valence-corrected chi connectivity index (χ3v) is 6.18. The molecular weight excluding hydrogens is 348 g/mol. The molecule has 0 N–H and O–H groups in total. The molecule has 0 aliphatic rings. The molecule has 0 radical (unpaired) electrons. The predicted octanol–water partition coefficient (Wildman–Crippen LogP) is 4.57. The van der Waals surface area contributed by atoms with Crippen LogP contribution in [0.1, 0.15) is 45.8 Å². The van der Waals surface area contributed by atoms with Crippen molar-refractivity contribution in [2.75, 3.05) is 0 Å². The minimum absolute atomic E-state index is 0.238. The second-order valence-corrected chi connectivity index (χ2v) is 9.77. The third-order valence-electron chi connectivity index (χ3n) is 4.04. The number of benzene rings is 2. The standard InChI is InChI=1S/C21H26O4S/c1-16(22)25-20(17-11-7-5-8-12-17)19(15-21(2,3)4)26(23,24)18-13-9-6-10-14-18/h5-14,19-20H,15H2,1-4H3/t19?,20-/m1/s1. The molecule has 0 amide bonds. The zero-order valence-electron chi connectivity index (χ0n) is 15.7. The zero-order chi connectivity index (χ0) is 19.4. The van der Waals surface area contributed by atoms with Crippen molar-refractivity contribution in [2.45, 2.75) is 50.4 Å². The van der Waals surface area contributed by atoms with Gasteiger partial charge in [-0.15, -0.1) is 0 Å². The van der Waals surface area contributed by atoms with Gasteiger partial charge in [0.1, 0.15) is 11.4 Å². The van der Waals surface area contributed by atoms with E-state index in [0.29, 0.717) is 12.0 Å². The van der Waals surface area contributed by atoms with Crippen LogP contribution in [0.4, 0.5) is 0 Å². The van der Waals surface area contributed by atoms with Gasteiger partial charge < -0.3 is 4.74 Å². The van der Waals surface area contributed by atoms with E-state index in [-0.39, 0.29) is 10.3 Å². The van der Waals surface area contributed by atoms with E-state index in [1.165, 1.54) is 6.92 Å². The molecule has 1 unspecified atom stereocenters. The molecule has 0 saturated heterocycles. The third kappa shape index (κ3) is 5.18. The van der Waals surface area contributed by atoms with Gasteiger partial charge in [-0.3, -0.25) is 4.79 Å². The van der Waals surface area contributed by atoms with Gasteiger partial charge in [0.05, 0.1) is 4.90 Å². The van der Waals surface area contributed by atoms with E-state index < -0.39 is 27.2 Å². The number of carbonyl (C=O) groups is 1. The Morgan fingerprint density at radius 2 is 1.46 bits per heavy atom. The first kappa shape index (κ1) is 20.2. The molecule has 0 aliphatic carbocycles. The molecule has 4 nitrogen and oxygen atoms in total. The molecule has 2 rings (SSSR count). The van der Waals surface area contributed by atoms with Crippen molar-refractivity contribution in [3.8, 4) is 0 Å². The fourth-order valence-electron chi connectivity index (χ4n) is 2.95. The predicted molar refractivity (Wildman–Crippen MR) is 102 cm³/mol. The molecule has 0 aliphatic heterocycles. The summed E-state index contributed by atoms with van der Waals surface area (Å²) in [7, 11) is -3.70. The number of sulfone groups is 1. The molecule has 140 valence electrons. The Kier molecular flexibility index (Phi) is 6.24. The van der Waals surface area contributed by atoms with Crippen LogP contribution >= 0.6 is 0 Å². The number of ether oxygens (including phenoxy) is 1. The maximum atomic E-state index is 13.4. The maximum Gasteiger partial charge on any atom is 0.303 e. The molecule has 0 fully saturated rings. The largest absolute Gasteiger partial charge is 0.456 e. The van der Waals surface area contributed by atoms with Gasteiger partial charge >= 0.3 is 5.97 Å². The lowest BCUT2D eigenvalue weighted by atomic mass is 9.87. The van der Waals surface area contributed by atoms with E-state index >= 15 is 0 Å². The van der Waals surface area contributed by atoms with Crippen LogP contribution in [-0.2, 0) is 19.4 Å². The van der Waals surface area contributed by atoms with E-state index in [2.05, 4.69) is 0 Å². The number of carbonyl (C=O) groups excluding carboxylic acids is 1. The summed E-state index contributed by atoms with van der Waals surface area (Å²) in [5, 5.41) is -0.879. The van der Waals surface area contributed by atoms with Gasteiger partial charge in [0.25, 0.3) is 0 Å². The lowest BCUT2D eigenvalue weighted by Crippen LogP contribution is -2.35. The van der Waals surface area contributed by atoms with Crippen molar-refractivity contribution < 1.29 is 17.9 Å². The summed E-state index contributed by atoms with van der Waals surface area (Å²) in [6.45, 7) is 7.25. The van der Waals surface area contributed by atoms with Gasteiger partial charge in [-0.2, -0.15) is 0 Å². The summed E-state index contributed by atoms with van der Waals surface area (Å²) in [5.74, 6) is -0.499. The quantitative estimate of drug-likeness (QED) is 0.695. The number of esters is 1. The first-order chi connectivity index (χ1) is 12.1. The van der Waals surface area contributed by atoms with Crippen LogP contribution in [0.2, 0.25) is 0 Å². The Morgan fingerprint density at radius 3 is 1.92 bits per heavy atom. The fourth-order valence-corrected chi connectivity index (χ4v) is 5.09. The van der Waals surface area contributed by atoms with Gasteiger partial charge in [-0.1, -0.05) is 69.3 Å². The van der Waals surface area contributed by atoms with Crippen LogP contribution in [0.3, 0.4) is 0 Å². The second-order valence-electron chi connectivity index (χ2n) is 7.60. The van der Waals surface area contributed by atoms with Crippen LogP contribution in [0.5, 0.6) is 0 Å². The maximum absolute atomic E-state index is 13.4. The molecule has 0 heterocycles. The normalized spacial score (nSPS) is 14.5. The van der Waals surface area contributed by atoms with Crippen LogP contribution in [0.25, 0.3) is 0 Å². The van der Waals surface area contributed by atoms with E-state index in [9.17, 15) is 13.2 Å². The molecule has 2 aromatic rings. The summed E-state index contributed by atoms with van der Waals surface area (Å²) >= 11 is 0. The highest BCUT2D eigenvalue weighted by Gasteiger charge is 2.40. The van der Waals surface area contributed by atoms with E-state index in [0.717, 1.165) is 0 Å². The first-order valence-corrected chi connectivity index (χ1v) is 10.2. The molecule has 0 bridgehead atoms. The monoisotopic (exact) mass is 374 g/mol. The summed E-state index contributed by atoms with van der Waals surface area (Å²) in [6.07, 6.45) is -0.505. The first-order valence-electron chi connectivity index (χ1n) is 8.62. The second kappa shape index (κ2) is 8.04. The molecule has 2 atom stereocenters. The van der Waals surface area contributed by atoms with E-state index in [4.69, 9.17) is 4.74 Å². The smallest absolute Gasteiger partial charge is 0.303 e. The molecule has 5 heteroatoms. The topological polar surface area (TPSA) is 60.4 Å². The lowest BCUT2D eigenvalue weighted by Gasteiger charge is -2.32. The van der Waals surface area contributed by atoms with Crippen molar-refractivity contribution in [1.29, 1.82) is 0 Å². The Hall–Kier alpha value is -2.14. The van der Waals surface area contributed by atoms with Crippen molar-refractivity contribution in [3.05, 3.63) is 66.2 Å². The number of rotatable bonds is 6. The molecule has 0 spiro atoms.